The Kier molecular flexibility index (Phi) is 5.59. The van der Waals surface area contributed by atoms with Crippen molar-refractivity contribution in [2.24, 2.45) is 11.8 Å². The number of hydrogen-bond donors (Lipinski definition) is 1. The van der Waals surface area contributed by atoms with E-state index in [1.807, 2.05) is 24.3 Å². The second-order valence-corrected chi connectivity index (χ2v) is 8.71. The van der Waals surface area contributed by atoms with Crippen LogP contribution in [0.25, 0.3) is 16.7 Å². The molecule has 2 aromatic rings. The van der Waals surface area contributed by atoms with Gasteiger partial charge in [0.1, 0.15) is 5.76 Å². The summed E-state index contributed by atoms with van der Waals surface area (Å²) in [5, 5.41) is 11.7. The van der Waals surface area contributed by atoms with Gasteiger partial charge in [-0.15, -0.1) is 0 Å². The van der Waals surface area contributed by atoms with Crippen LogP contribution in [0.15, 0.2) is 48.2 Å². The molecule has 28 heavy (non-hydrogen) atoms. The lowest BCUT2D eigenvalue weighted by Gasteiger charge is -2.26. The third-order valence-corrected chi connectivity index (χ3v) is 6.68. The normalized spacial score (nSPS) is 22.7. The fourth-order valence-corrected chi connectivity index (χ4v) is 4.91. The Hall–Kier alpha value is -2.06. The molecule has 1 fully saturated rings. The van der Waals surface area contributed by atoms with Crippen LogP contribution in [0.5, 0.6) is 0 Å². The predicted octanol–water partition coefficient (Wildman–Crippen LogP) is 7.01. The first-order valence-electron chi connectivity index (χ1n) is 10.4. The van der Waals surface area contributed by atoms with Gasteiger partial charge in [0.15, 0.2) is 5.78 Å². The standard InChI is InChI=1S/C25H27ClO2/c1-2-18-7-8-20(19-9-11-21(26)12-10-19)15-22(18)25-23(27)13-16-3-4-17(6-5-16)14-24(25)28/h7-12,15-17,27H,2-6,13-14H2,1H3. The molecule has 1 saturated carbocycles. The van der Waals surface area contributed by atoms with E-state index >= 15 is 0 Å². The minimum atomic E-state index is 0.105. The number of ketones is 1. The minimum absolute atomic E-state index is 0.105. The number of allylic oxidation sites excluding steroid dienone is 2. The Balaban J connectivity index is 1.81. The molecular weight excluding hydrogens is 368 g/mol. The first-order valence-corrected chi connectivity index (χ1v) is 10.8. The van der Waals surface area contributed by atoms with Gasteiger partial charge in [0, 0.05) is 17.9 Å². The topological polar surface area (TPSA) is 37.3 Å². The monoisotopic (exact) mass is 394 g/mol. The van der Waals surface area contributed by atoms with Gasteiger partial charge in [-0.1, -0.05) is 42.8 Å². The third kappa shape index (κ3) is 3.89. The molecule has 146 valence electrons. The van der Waals surface area contributed by atoms with Crippen LogP contribution in [0.4, 0.5) is 0 Å². The number of aliphatic hydroxyl groups excluding tert-OH is 1. The third-order valence-electron chi connectivity index (χ3n) is 6.43. The van der Waals surface area contributed by atoms with Crippen LogP contribution in [0, 0.1) is 11.8 Å². The van der Waals surface area contributed by atoms with Crippen molar-refractivity contribution in [3.63, 3.8) is 0 Å². The average molecular weight is 395 g/mol. The van der Waals surface area contributed by atoms with Crippen LogP contribution in [0.2, 0.25) is 5.02 Å². The Morgan fingerprint density at radius 3 is 2.18 bits per heavy atom. The average Bonchev–Trinajstić information content (AvgIpc) is 2.79. The maximum atomic E-state index is 13.2. The van der Waals surface area contributed by atoms with E-state index < -0.39 is 0 Å². The molecule has 2 aromatic carbocycles. The summed E-state index contributed by atoms with van der Waals surface area (Å²) in [6, 6.07) is 14.0. The van der Waals surface area contributed by atoms with E-state index in [0.717, 1.165) is 54.4 Å². The number of aliphatic hydroxyl groups is 1. The molecule has 0 saturated heterocycles. The van der Waals surface area contributed by atoms with Crippen molar-refractivity contribution in [1.82, 2.24) is 0 Å². The largest absolute Gasteiger partial charge is 0.512 e. The Morgan fingerprint density at radius 1 is 0.929 bits per heavy atom. The van der Waals surface area contributed by atoms with E-state index in [1.54, 1.807) is 0 Å². The molecule has 2 bridgehead atoms. The van der Waals surface area contributed by atoms with Crippen molar-refractivity contribution in [2.75, 3.05) is 0 Å². The quantitative estimate of drug-likeness (QED) is 0.607. The first-order chi connectivity index (χ1) is 13.5. The summed E-state index contributed by atoms with van der Waals surface area (Å²) in [5.41, 5.74) is 4.67. The second-order valence-electron chi connectivity index (χ2n) is 8.27. The number of benzene rings is 2. The van der Waals surface area contributed by atoms with Crippen molar-refractivity contribution in [1.29, 1.82) is 0 Å². The minimum Gasteiger partial charge on any atom is -0.512 e. The zero-order valence-electron chi connectivity index (χ0n) is 16.4. The molecule has 0 radical (unpaired) electrons. The lowest BCUT2D eigenvalue weighted by atomic mass is 9.79. The fraction of sp³-hybridized carbons (Fsp3) is 0.400. The van der Waals surface area contributed by atoms with Crippen molar-refractivity contribution in [2.45, 2.75) is 51.9 Å². The molecule has 0 aromatic heterocycles. The molecular formula is C25H27ClO2. The Labute approximate surface area is 172 Å². The zero-order chi connectivity index (χ0) is 19.7. The van der Waals surface area contributed by atoms with Gasteiger partial charge in [0.05, 0.1) is 5.57 Å². The van der Waals surface area contributed by atoms with Crippen LogP contribution < -0.4 is 0 Å². The van der Waals surface area contributed by atoms with Crippen LogP contribution in [-0.2, 0) is 11.2 Å². The van der Waals surface area contributed by atoms with E-state index in [2.05, 4.69) is 25.1 Å². The van der Waals surface area contributed by atoms with E-state index in [4.69, 9.17) is 11.6 Å². The molecule has 0 atom stereocenters. The Morgan fingerprint density at radius 2 is 1.54 bits per heavy atom. The molecule has 0 amide bonds. The number of aryl methyl sites for hydroxylation is 1. The molecule has 3 aliphatic rings. The molecule has 3 heteroatoms. The van der Waals surface area contributed by atoms with E-state index in [9.17, 15) is 9.90 Å². The van der Waals surface area contributed by atoms with Crippen LogP contribution >= 0.6 is 11.6 Å². The fourth-order valence-electron chi connectivity index (χ4n) is 4.79. The van der Waals surface area contributed by atoms with Crippen molar-refractivity contribution < 1.29 is 9.90 Å². The number of rotatable bonds is 3. The first kappa shape index (κ1) is 19.3. The van der Waals surface area contributed by atoms with Crippen LogP contribution in [0.1, 0.15) is 56.6 Å². The summed E-state index contributed by atoms with van der Waals surface area (Å²) in [6.45, 7) is 2.10. The molecule has 0 unspecified atom stereocenters. The summed E-state index contributed by atoms with van der Waals surface area (Å²) in [4.78, 5) is 13.2. The van der Waals surface area contributed by atoms with Gasteiger partial charge in [0.25, 0.3) is 0 Å². The highest BCUT2D eigenvalue weighted by molar-refractivity contribution is 6.30. The molecule has 0 spiro atoms. The highest BCUT2D eigenvalue weighted by Crippen LogP contribution is 2.40. The van der Waals surface area contributed by atoms with Gasteiger partial charge in [-0.2, -0.15) is 0 Å². The van der Waals surface area contributed by atoms with E-state index in [-0.39, 0.29) is 5.78 Å². The number of fused-ring (bicyclic) bond motifs is 5. The number of halogens is 1. The summed E-state index contributed by atoms with van der Waals surface area (Å²) < 4.78 is 0. The Bertz CT molecular complexity index is 903. The lowest BCUT2D eigenvalue weighted by Crippen LogP contribution is -2.15. The molecule has 0 heterocycles. The summed E-state index contributed by atoms with van der Waals surface area (Å²) in [5.74, 6) is 1.37. The van der Waals surface area contributed by atoms with Crippen molar-refractivity contribution in [3.05, 3.63) is 64.4 Å². The maximum Gasteiger partial charge on any atom is 0.167 e. The predicted molar refractivity (Wildman–Crippen MR) is 116 cm³/mol. The van der Waals surface area contributed by atoms with Gasteiger partial charge in [0.2, 0.25) is 0 Å². The number of carbonyl (C=O) groups is 1. The van der Waals surface area contributed by atoms with E-state index in [0.29, 0.717) is 41.0 Å². The van der Waals surface area contributed by atoms with Gasteiger partial charge in [-0.05, 0) is 84.4 Å². The van der Waals surface area contributed by atoms with Crippen LogP contribution in [-0.4, -0.2) is 10.9 Å². The highest BCUT2D eigenvalue weighted by atomic mass is 35.5. The van der Waals surface area contributed by atoms with Gasteiger partial charge in [-0.3, -0.25) is 4.79 Å². The number of hydrogen-bond acceptors (Lipinski definition) is 2. The van der Waals surface area contributed by atoms with Gasteiger partial charge in [-0.25, -0.2) is 0 Å². The van der Waals surface area contributed by atoms with Crippen molar-refractivity contribution in [3.8, 4) is 11.1 Å². The second kappa shape index (κ2) is 8.13. The lowest BCUT2D eigenvalue weighted by molar-refractivity contribution is -0.114. The zero-order valence-corrected chi connectivity index (χ0v) is 17.1. The number of carbonyl (C=O) groups excluding carboxylic acids is 1. The van der Waals surface area contributed by atoms with E-state index in [1.165, 1.54) is 0 Å². The highest BCUT2D eigenvalue weighted by Gasteiger charge is 2.31. The summed E-state index contributed by atoms with van der Waals surface area (Å²) in [6.07, 6.45) is 6.49. The number of Topliss-reactive ketones (excluding diaryl/α,β-unsaturated/α-hetero) is 1. The molecule has 3 aliphatic carbocycles. The molecule has 1 N–H and O–H groups in total. The van der Waals surface area contributed by atoms with Gasteiger partial charge < -0.3 is 5.11 Å². The summed E-state index contributed by atoms with van der Waals surface area (Å²) >= 11 is 6.04. The molecule has 5 rings (SSSR count). The maximum absolute atomic E-state index is 13.2. The van der Waals surface area contributed by atoms with Crippen LogP contribution in [0.3, 0.4) is 0 Å². The summed E-state index contributed by atoms with van der Waals surface area (Å²) in [7, 11) is 0. The smallest absolute Gasteiger partial charge is 0.167 e. The van der Waals surface area contributed by atoms with Crippen molar-refractivity contribution >= 4 is 23.0 Å². The SMILES string of the molecule is CCc1ccc(-c2ccc(Cl)cc2)cc1C1=C(O)CC2CCC(CC2)CC1=O. The molecule has 0 aliphatic heterocycles. The molecule has 2 nitrogen and oxygen atoms in total. The van der Waals surface area contributed by atoms with Gasteiger partial charge >= 0.3 is 0 Å².